The highest BCUT2D eigenvalue weighted by Gasteiger charge is 2.10. The number of benzene rings is 1. The van der Waals surface area contributed by atoms with Gasteiger partial charge < -0.3 is 20.6 Å². The fraction of sp³-hybridized carbons (Fsp3) is 0.300. The summed E-state index contributed by atoms with van der Waals surface area (Å²) >= 11 is 0. The van der Waals surface area contributed by atoms with E-state index in [2.05, 4.69) is 30.1 Å². The summed E-state index contributed by atoms with van der Waals surface area (Å²) < 4.78 is 13.1. The fourth-order valence-corrected chi connectivity index (χ4v) is 2.03. The number of halogens is 1. The Morgan fingerprint density at radius 3 is 2.52 bits per heavy atom. The molecule has 148 valence electrons. The molecule has 27 heavy (non-hydrogen) atoms. The molecule has 1 amide bonds. The first-order valence-corrected chi connectivity index (χ1v) is 9.77. The molecule has 0 saturated carbocycles. The lowest BCUT2D eigenvalue weighted by molar-refractivity contribution is -0.150. The molecule has 0 aliphatic heterocycles. The van der Waals surface area contributed by atoms with Crippen molar-refractivity contribution in [3.8, 4) is 0 Å². The zero-order chi connectivity index (χ0) is 21.0. The van der Waals surface area contributed by atoms with E-state index < -0.39 is 13.7 Å². The van der Waals surface area contributed by atoms with E-state index in [9.17, 15) is 14.1 Å². The van der Waals surface area contributed by atoms with Gasteiger partial charge in [-0.2, -0.15) is 0 Å². The smallest absolute Gasteiger partial charge is 0.255 e. The largest absolute Gasteiger partial charge is 0.626 e. The molecule has 7 heteroatoms. The lowest BCUT2D eigenvalue weighted by Gasteiger charge is -2.07. The van der Waals surface area contributed by atoms with Crippen LogP contribution in [0, 0.1) is 12.7 Å². The molecule has 0 heterocycles. The third-order valence-corrected chi connectivity index (χ3v) is 4.12. The highest BCUT2D eigenvalue weighted by molar-refractivity contribution is 7.53. The zero-order valence-corrected chi connectivity index (χ0v) is 17.0. The molecule has 0 aliphatic carbocycles. The third-order valence-electron chi connectivity index (χ3n) is 3.35. The second kappa shape index (κ2) is 13.1. The highest BCUT2D eigenvalue weighted by atomic mass is 31.1. The topological polar surface area (TPSA) is 84.4 Å². The van der Waals surface area contributed by atoms with E-state index in [-0.39, 0.29) is 22.8 Å². The Kier molecular flexibility index (Phi) is 12.1. The number of aliphatic hydroxyl groups excluding tert-OH is 1. The number of amides is 1. The lowest BCUT2D eigenvalue weighted by Crippen LogP contribution is -2.13. The van der Waals surface area contributed by atoms with Crippen molar-refractivity contribution in [2.75, 3.05) is 18.9 Å². The first-order chi connectivity index (χ1) is 12.6. The van der Waals surface area contributed by atoms with E-state index in [1.807, 2.05) is 7.05 Å². The summed E-state index contributed by atoms with van der Waals surface area (Å²) in [7, 11) is 0.0358. The van der Waals surface area contributed by atoms with Crippen LogP contribution in [0.4, 0.5) is 10.1 Å². The normalized spacial score (nSPS) is 12.4. The van der Waals surface area contributed by atoms with Gasteiger partial charge in [0.15, 0.2) is 0 Å². The molecule has 0 bridgehead atoms. The van der Waals surface area contributed by atoms with Crippen molar-refractivity contribution in [1.82, 2.24) is 5.32 Å². The first-order valence-electron chi connectivity index (χ1n) is 8.33. The molecule has 2 unspecified atom stereocenters. The van der Waals surface area contributed by atoms with Gasteiger partial charge in [0.2, 0.25) is 0 Å². The standard InChI is InChI=1S/C15H15FNO2P.C5H13NO/c1-5-12(9-11(3)20(4)19)15(18)17-13-6-7-14(16)10(2)8-13;1-5(7)3-4-6-2/h5-9H,1,3-4H2,2H3,(H,17,18);5-7H,3-4H2,1-2H3/b12-9+;. The molecule has 0 aromatic heterocycles. The summed E-state index contributed by atoms with van der Waals surface area (Å²) in [5, 5.41) is 14.4. The monoisotopic (exact) mass is 394 g/mol. The molecular formula is C20H28FN2O3P. The van der Waals surface area contributed by atoms with Crippen molar-refractivity contribution < 1.29 is 19.2 Å². The number of carbonyl (C=O) groups is 1. The van der Waals surface area contributed by atoms with Crippen molar-refractivity contribution in [2.45, 2.75) is 26.4 Å². The van der Waals surface area contributed by atoms with Crippen molar-refractivity contribution >= 4 is 25.7 Å². The molecule has 0 aliphatic rings. The molecule has 5 nitrogen and oxygen atoms in total. The number of nitrogens with one attached hydrogen (secondary N) is 2. The van der Waals surface area contributed by atoms with Crippen LogP contribution in [0.15, 0.2) is 54.4 Å². The molecule has 3 N–H and O–H groups in total. The van der Waals surface area contributed by atoms with Gasteiger partial charge in [0.1, 0.15) is 11.1 Å². The van der Waals surface area contributed by atoms with Crippen LogP contribution in [0.25, 0.3) is 0 Å². The van der Waals surface area contributed by atoms with Crippen molar-refractivity contribution in [2.24, 2.45) is 0 Å². The Bertz CT molecular complexity index is 715. The second-order valence-corrected chi connectivity index (χ2v) is 7.16. The number of hydrogen-bond acceptors (Lipinski definition) is 4. The van der Waals surface area contributed by atoms with E-state index in [1.165, 1.54) is 30.4 Å². The number of hydrogen-bond donors (Lipinski definition) is 3. The van der Waals surface area contributed by atoms with Gasteiger partial charge in [0, 0.05) is 11.3 Å². The number of allylic oxidation sites excluding steroid dienone is 2. The molecule has 1 aromatic rings. The summed E-state index contributed by atoms with van der Waals surface area (Å²) in [6.45, 7) is 11.4. The minimum atomic E-state index is -1.84. The number of rotatable bonds is 8. The van der Waals surface area contributed by atoms with E-state index in [1.54, 1.807) is 13.8 Å². The Balaban J connectivity index is 0.000000821. The van der Waals surface area contributed by atoms with Gasteiger partial charge in [-0.05, 0) is 70.3 Å². The van der Waals surface area contributed by atoms with Gasteiger partial charge in [-0.1, -0.05) is 12.7 Å². The first kappa shape index (κ1) is 24.9. The maximum absolute atomic E-state index is 13.1. The van der Waals surface area contributed by atoms with Gasteiger partial charge in [0.25, 0.3) is 5.91 Å². The average Bonchev–Trinajstić information content (AvgIpc) is 2.61. The van der Waals surface area contributed by atoms with Crippen LogP contribution in [-0.4, -0.2) is 37.0 Å². The van der Waals surface area contributed by atoms with Crippen molar-refractivity contribution in [3.05, 3.63) is 65.8 Å². The SMILES string of the molecule is C=C/C(=C\C(=C)[P+](=C)[O-])C(=O)Nc1ccc(F)c(C)c1.CNCCC(C)O. The van der Waals surface area contributed by atoms with Gasteiger partial charge in [-0.15, -0.1) is 0 Å². The van der Waals surface area contributed by atoms with Crippen LogP contribution in [-0.2, 0) is 4.79 Å². The van der Waals surface area contributed by atoms with Gasteiger partial charge in [-0.25, -0.2) is 4.39 Å². The van der Waals surface area contributed by atoms with E-state index >= 15 is 0 Å². The van der Waals surface area contributed by atoms with Crippen LogP contribution in [0.1, 0.15) is 18.9 Å². The number of aryl methyl sites for hydroxylation is 1. The molecule has 1 aromatic carbocycles. The molecule has 0 fully saturated rings. The summed E-state index contributed by atoms with van der Waals surface area (Å²) in [4.78, 5) is 23.1. The van der Waals surface area contributed by atoms with E-state index in [0.29, 0.717) is 11.3 Å². The number of carbonyl (C=O) groups excluding carboxylic acids is 1. The molecule has 0 saturated heterocycles. The molecule has 1 rings (SSSR count). The predicted molar refractivity (Wildman–Crippen MR) is 111 cm³/mol. The molecular weight excluding hydrogens is 366 g/mol. The summed E-state index contributed by atoms with van der Waals surface area (Å²) in [6.07, 6.45) is 6.73. The van der Waals surface area contributed by atoms with Crippen LogP contribution in [0.2, 0.25) is 0 Å². The summed E-state index contributed by atoms with van der Waals surface area (Å²) in [6, 6.07) is 4.25. The molecule has 0 spiro atoms. The number of aliphatic hydroxyl groups is 1. The molecule has 0 radical (unpaired) electrons. The minimum Gasteiger partial charge on any atom is -0.626 e. The minimum absolute atomic E-state index is 0.160. The van der Waals surface area contributed by atoms with E-state index in [4.69, 9.17) is 5.11 Å². The Morgan fingerprint density at radius 1 is 1.48 bits per heavy atom. The molecule has 2 atom stereocenters. The lowest BCUT2D eigenvalue weighted by atomic mass is 10.2. The summed E-state index contributed by atoms with van der Waals surface area (Å²) in [5.74, 6) is -0.783. The average molecular weight is 394 g/mol. The third kappa shape index (κ3) is 10.6. The van der Waals surface area contributed by atoms with Crippen LogP contribution in [0.5, 0.6) is 0 Å². The highest BCUT2D eigenvalue weighted by Crippen LogP contribution is 2.23. The second-order valence-electron chi connectivity index (χ2n) is 5.83. The van der Waals surface area contributed by atoms with Gasteiger partial charge in [-0.3, -0.25) is 4.79 Å². The van der Waals surface area contributed by atoms with Gasteiger partial charge >= 0.3 is 0 Å². The zero-order valence-electron chi connectivity index (χ0n) is 16.1. The van der Waals surface area contributed by atoms with E-state index in [0.717, 1.165) is 13.0 Å². The van der Waals surface area contributed by atoms with Crippen LogP contribution in [0.3, 0.4) is 0 Å². The van der Waals surface area contributed by atoms with Crippen LogP contribution < -0.4 is 15.5 Å². The van der Waals surface area contributed by atoms with Crippen molar-refractivity contribution in [1.29, 1.82) is 0 Å². The maximum atomic E-state index is 13.1. The maximum Gasteiger partial charge on any atom is 0.255 e. The number of anilines is 1. The van der Waals surface area contributed by atoms with Gasteiger partial charge in [0.05, 0.1) is 20.2 Å². The Hall–Kier alpha value is -2.11. The summed E-state index contributed by atoms with van der Waals surface area (Å²) in [5.41, 5.74) is 1.10. The quantitative estimate of drug-likeness (QED) is 0.360. The van der Waals surface area contributed by atoms with Crippen molar-refractivity contribution in [3.63, 3.8) is 0 Å². The predicted octanol–water partition coefficient (Wildman–Crippen LogP) is 2.86. The van der Waals surface area contributed by atoms with Crippen LogP contribution >= 0.6 is 7.77 Å². The Morgan fingerprint density at radius 2 is 2.11 bits per heavy atom. The fourth-order valence-electron chi connectivity index (χ4n) is 1.75. The Labute approximate surface area is 161 Å².